The quantitative estimate of drug-likeness (QED) is 0.456. The first-order chi connectivity index (χ1) is 15.1. The summed E-state index contributed by atoms with van der Waals surface area (Å²) in [6.07, 6.45) is 2.26. The monoisotopic (exact) mass is 448 g/mol. The van der Waals surface area contributed by atoms with Crippen molar-refractivity contribution < 1.29 is 23.8 Å². The molecule has 174 valence electrons. The van der Waals surface area contributed by atoms with Gasteiger partial charge >= 0.3 is 6.16 Å². The summed E-state index contributed by atoms with van der Waals surface area (Å²) in [7, 11) is 3.34. The predicted molar refractivity (Wildman–Crippen MR) is 120 cm³/mol. The van der Waals surface area contributed by atoms with Crippen LogP contribution in [0.25, 0.3) is 10.9 Å². The van der Waals surface area contributed by atoms with Gasteiger partial charge in [-0.1, -0.05) is 0 Å². The van der Waals surface area contributed by atoms with Crippen LogP contribution in [0.4, 0.5) is 20.6 Å². The Morgan fingerprint density at radius 3 is 2.59 bits per heavy atom. The minimum Gasteiger partial charge on any atom is -0.492 e. The third-order valence-electron chi connectivity index (χ3n) is 6.86. The third kappa shape index (κ3) is 3.52. The Bertz CT molecular complexity index is 1140. The van der Waals surface area contributed by atoms with Crippen LogP contribution in [0, 0.1) is 11.7 Å². The van der Waals surface area contributed by atoms with Crippen molar-refractivity contribution >= 4 is 28.4 Å². The number of hydrogen-bond donors (Lipinski definition) is 3. The van der Waals surface area contributed by atoms with Crippen molar-refractivity contribution in [3.05, 3.63) is 22.2 Å². The third-order valence-corrected chi connectivity index (χ3v) is 6.86. The number of nitrogen functional groups attached to an aromatic ring is 1. The fourth-order valence-corrected chi connectivity index (χ4v) is 4.58. The first-order valence-corrected chi connectivity index (χ1v) is 10.7. The number of aromatic nitrogens is 1. The van der Waals surface area contributed by atoms with E-state index in [1.165, 1.54) is 13.3 Å². The van der Waals surface area contributed by atoms with Gasteiger partial charge in [-0.05, 0) is 46.1 Å². The molecule has 0 spiro atoms. The van der Waals surface area contributed by atoms with Gasteiger partial charge < -0.3 is 35.1 Å². The largest absolute Gasteiger partial charge is 0.511 e. The van der Waals surface area contributed by atoms with Crippen LogP contribution >= 0.6 is 0 Å². The minimum atomic E-state index is -1.62. The van der Waals surface area contributed by atoms with E-state index >= 15 is 4.39 Å². The maximum atomic E-state index is 15.7. The zero-order chi connectivity index (χ0) is 23.4. The lowest BCUT2D eigenvalue weighted by molar-refractivity contribution is 0.143. The van der Waals surface area contributed by atoms with Crippen LogP contribution in [0.3, 0.4) is 0 Å². The van der Waals surface area contributed by atoms with Gasteiger partial charge in [0.25, 0.3) is 0 Å². The molecule has 4 rings (SSSR count). The molecule has 1 aromatic heterocycles. The number of carbonyl (C=O) groups is 1. The number of hydrogen-bond acceptors (Lipinski definition) is 7. The van der Waals surface area contributed by atoms with Gasteiger partial charge in [-0.15, -0.1) is 0 Å². The van der Waals surface area contributed by atoms with Crippen molar-refractivity contribution in [1.29, 1.82) is 0 Å². The summed E-state index contributed by atoms with van der Waals surface area (Å²) >= 11 is 0. The highest BCUT2D eigenvalue weighted by Crippen LogP contribution is 2.47. The van der Waals surface area contributed by atoms with E-state index in [9.17, 15) is 9.59 Å². The molecule has 2 aliphatic rings. The number of nitrogens with two attached hydrogens (primary N) is 1. The van der Waals surface area contributed by atoms with Crippen LogP contribution in [0.1, 0.15) is 39.2 Å². The highest BCUT2D eigenvalue weighted by Gasteiger charge is 2.38. The summed E-state index contributed by atoms with van der Waals surface area (Å²) in [6, 6.07) is 0.0235. The fraction of sp³-hybridized carbons (Fsp3) is 0.545. The van der Waals surface area contributed by atoms with Gasteiger partial charge in [-0.2, -0.15) is 0 Å². The Morgan fingerprint density at radius 2 is 2.03 bits per heavy atom. The van der Waals surface area contributed by atoms with Crippen molar-refractivity contribution in [3.63, 3.8) is 0 Å². The Balaban J connectivity index is 1.95. The molecule has 0 unspecified atom stereocenters. The molecule has 32 heavy (non-hydrogen) atoms. The second-order valence-electron chi connectivity index (χ2n) is 9.07. The zero-order valence-corrected chi connectivity index (χ0v) is 18.7. The van der Waals surface area contributed by atoms with Crippen LogP contribution in [-0.4, -0.2) is 48.6 Å². The number of nitrogens with zero attached hydrogens (tertiary/aromatic N) is 2. The second kappa shape index (κ2) is 7.84. The number of pyridine rings is 1. The lowest BCUT2D eigenvalue weighted by Gasteiger charge is -2.32. The lowest BCUT2D eigenvalue weighted by atomic mass is 9.87. The molecule has 4 N–H and O–H groups in total. The molecule has 2 heterocycles. The Labute approximate surface area is 184 Å². The topological polar surface area (TPSA) is 119 Å². The van der Waals surface area contributed by atoms with Gasteiger partial charge in [0.2, 0.25) is 5.43 Å². The van der Waals surface area contributed by atoms with Gasteiger partial charge in [-0.3, -0.25) is 4.79 Å². The normalized spacial score (nSPS) is 18.9. The van der Waals surface area contributed by atoms with Crippen molar-refractivity contribution in [1.82, 2.24) is 9.88 Å². The number of nitrogens with one attached hydrogen (secondary N) is 1. The van der Waals surface area contributed by atoms with E-state index in [2.05, 4.69) is 23.9 Å². The minimum absolute atomic E-state index is 0.0235. The number of rotatable bonds is 6. The number of fused-ring (bicyclic) bond motifs is 1. The molecule has 2 fully saturated rings. The lowest BCUT2D eigenvalue weighted by Crippen LogP contribution is -2.45. The molecular weight excluding hydrogens is 419 g/mol. The number of ether oxygens (including phenoxy) is 2. The van der Waals surface area contributed by atoms with Gasteiger partial charge in [0.15, 0.2) is 17.3 Å². The molecule has 1 atom stereocenters. The zero-order valence-electron chi connectivity index (χ0n) is 18.7. The van der Waals surface area contributed by atoms with E-state index in [1.54, 1.807) is 4.57 Å². The molecule has 9 nitrogen and oxygen atoms in total. The number of halogens is 1. The standard InChI is InChI=1S/C22H29FN4O5/c1-22(2,25-3)11-7-8-26(9-11)18-15(23)16(24)14-17(20(18)31-4)27(12-5-6-12)10-13(19(14)28)32-21(29)30/h10-12,25H,5-9,24H2,1-4H3,(H,29,30)/t11-/m1/s1. The molecule has 0 radical (unpaired) electrons. The van der Waals surface area contributed by atoms with Gasteiger partial charge in [0, 0.05) is 24.7 Å². The molecule has 1 aliphatic carbocycles. The van der Waals surface area contributed by atoms with E-state index in [0.717, 1.165) is 19.3 Å². The average Bonchev–Trinajstić information content (AvgIpc) is 3.47. The van der Waals surface area contributed by atoms with E-state index in [4.69, 9.17) is 15.6 Å². The summed E-state index contributed by atoms with van der Waals surface area (Å²) in [5.41, 5.74) is 5.50. The molecular formula is C22H29FN4O5. The predicted octanol–water partition coefficient (Wildman–Crippen LogP) is 2.95. The molecule has 0 bridgehead atoms. The smallest absolute Gasteiger partial charge is 0.492 e. The highest BCUT2D eigenvalue weighted by molar-refractivity contribution is 6.01. The SMILES string of the molecule is CNC(C)(C)[C@@H]1CCN(c2c(F)c(N)c3c(=O)c(OC(=O)O)cn(C4CC4)c3c2OC)C1. The van der Waals surface area contributed by atoms with Crippen LogP contribution in [0.2, 0.25) is 0 Å². The molecule has 1 aromatic carbocycles. The Morgan fingerprint density at radius 1 is 1.34 bits per heavy atom. The first kappa shape index (κ1) is 22.2. The second-order valence-corrected chi connectivity index (χ2v) is 9.07. The summed E-state index contributed by atoms with van der Waals surface area (Å²) in [5.74, 6) is -0.662. The van der Waals surface area contributed by atoms with Gasteiger partial charge in [0.05, 0.1) is 29.9 Å². The van der Waals surface area contributed by atoms with Gasteiger partial charge in [0.1, 0.15) is 5.69 Å². The number of carboxylic acid groups (broad SMARTS) is 1. The van der Waals surface area contributed by atoms with E-state index in [1.807, 2.05) is 11.9 Å². The van der Waals surface area contributed by atoms with Crippen LogP contribution in [0.5, 0.6) is 11.5 Å². The summed E-state index contributed by atoms with van der Waals surface area (Å²) in [5, 5.41) is 12.2. The van der Waals surface area contributed by atoms with Crippen molar-refractivity contribution in [2.24, 2.45) is 5.92 Å². The average molecular weight is 448 g/mol. The number of methoxy groups -OCH3 is 1. The Hall–Kier alpha value is -3.01. The summed E-state index contributed by atoms with van der Waals surface area (Å²) in [4.78, 5) is 26.0. The number of anilines is 2. The van der Waals surface area contributed by atoms with E-state index in [-0.39, 0.29) is 40.0 Å². The van der Waals surface area contributed by atoms with E-state index in [0.29, 0.717) is 18.6 Å². The molecule has 1 saturated heterocycles. The maximum Gasteiger partial charge on any atom is 0.511 e. The molecule has 0 amide bonds. The van der Waals surface area contributed by atoms with Crippen LogP contribution in [-0.2, 0) is 0 Å². The molecule has 2 aromatic rings. The number of benzene rings is 1. The first-order valence-electron chi connectivity index (χ1n) is 10.7. The Kier molecular flexibility index (Phi) is 5.44. The highest BCUT2D eigenvalue weighted by atomic mass is 19.1. The van der Waals surface area contributed by atoms with Crippen LogP contribution in [0.15, 0.2) is 11.0 Å². The fourth-order valence-electron chi connectivity index (χ4n) is 4.58. The molecule has 10 heteroatoms. The van der Waals surface area contributed by atoms with Crippen molar-refractivity contribution in [3.8, 4) is 11.5 Å². The molecule has 1 saturated carbocycles. The summed E-state index contributed by atoms with van der Waals surface area (Å²) < 4.78 is 27.8. The van der Waals surface area contributed by atoms with Crippen molar-refractivity contribution in [2.75, 3.05) is 37.9 Å². The van der Waals surface area contributed by atoms with E-state index < -0.39 is 23.2 Å². The summed E-state index contributed by atoms with van der Waals surface area (Å²) in [6.45, 7) is 5.43. The van der Waals surface area contributed by atoms with Crippen LogP contribution < -0.4 is 30.9 Å². The van der Waals surface area contributed by atoms with Gasteiger partial charge in [-0.25, -0.2) is 9.18 Å². The molecule has 1 aliphatic heterocycles. The maximum absolute atomic E-state index is 15.7. The van der Waals surface area contributed by atoms with Crippen molar-refractivity contribution in [2.45, 2.75) is 44.7 Å².